The highest BCUT2D eigenvalue weighted by Gasteiger charge is 2.21. The zero-order chi connectivity index (χ0) is 10.7. The molecule has 0 bridgehead atoms. The van der Waals surface area contributed by atoms with Crippen molar-refractivity contribution in [3.05, 3.63) is 18.1 Å². The fourth-order valence-corrected chi connectivity index (χ4v) is 2.62. The fraction of sp³-hybridized carbons (Fsp3) is 0.636. The van der Waals surface area contributed by atoms with Gasteiger partial charge in [0.1, 0.15) is 5.82 Å². The number of alkyl halides is 1. The van der Waals surface area contributed by atoms with E-state index in [1.54, 1.807) is 12.4 Å². The molecule has 0 spiro atoms. The molecule has 0 aromatic carbocycles. The summed E-state index contributed by atoms with van der Waals surface area (Å²) in [6.45, 7) is 4.24. The zero-order valence-corrected chi connectivity index (χ0v) is 10.6. The summed E-state index contributed by atoms with van der Waals surface area (Å²) in [6.07, 6.45) is 6.11. The van der Waals surface area contributed by atoms with Gasteiger partial charge in [0.25, 0.3) is 0 Å². The molecule has 15 heavy (non-hydrogen) atoms. The molecule has 2 rings (SSSR count). The van der Waals surface area contributed by atoms with Crippen LogP contribution in [0.15, 0.2) is 12.4 Å². The lowest BCUT2D eigenvalue weighted by Crippen LogP contribution is -2.37. The van der Waals surface area contributed by atoms with Crippen molar-refractivity contribution in [2.24, 2.45) is 5.92 Å². The van der Waals surface area contributed by atoms with Crippen LogP contribution in [0.5, 0.6) is 0 Å². The van der Waals surface area contributed by atoms with Crippen LogP contribution in [0.1, 0.15) is 18.5 Å². The first kappa shape index (κ1) is 10.9. The number of piperidine rings is 1. The highest BCUT2D eigenvalue weighted by Crippen LogP contribution is 2.23. The first-order valence-electron chi connectivity index (χ1n) is 5.40. The SMILES string of the molecule is Cc1nccnc1N1CCCC(CBr)C1. The van der Waals surface area contributed by atoms with Crippen LogP contribution >= 0.6 is 15.9 Å². The van der Waals surface area contributed by atoms with Crippen molar-refractivity contribution in [2.45, 2.75) is 19.8 Å². The van der Waals surface area contributed by atoms with Crippen LogP contribution in [0.4, 0.5) is 5.82 Å². The van der Waals surface area contributed by atoms with E-state index in [2.05, 4.69) is 30.8 Å². The van der Waals surface area contributed by atoms with Gasteiger partial charge in [-0.15, -0.1) is 0 Å². The third-order valence-electron chi connectivity index (χ3n) is 2.89. The summed E-state index contributed by atoms with van der Waals surface area (Å²) in [7, 11) is 0. The van der Waals surface area contributed by atoms with Gasteiger partial charge in [-0.3, -0.25) is 4.98 Å². The molecule has 1 aromatic rings. The maximum Gasteiger partial charge on any atom is 0.150 e. The summed E-state index contributed by atoms with van der Waals surface area (Å²) in [5.74, 6) is 1.81. The van der Waals surface area contributed by atoms with Gasteiger partial charge in [0.15, 0.2) is 0 Å². The van der Waals surface area contributed by atoms with E-state index in [4.69, 9.17) is 0 Å². The van der Waals surface area contributed by atoms with Crippen molar-refractivity contribution in [1.82, 2.24) is 9.97 Å². The van der Waals surface area contributed by atoms with Crippen molar-refractivity contribution in [3.63, 3.8) is 0 Å². The Morgan fingerprint density at radius 2 is 2.27 bits per heavy atom. The summed E-state index contributed by atoms with van der Waals surface area (Å²) >= 11 is 3.57. The number of halogens is 1. The summed E-state index contributed by atoms with van der Waals surface area (Å²) in [6, 6.07) is 0. The molecule has 0 saturated carbocycles. The van der Waals surface area contributed by atoms with Crippen LogP contribution in [0.25, 0.3) is 0 Å². The summed E-state index contributed by atoms with van der Waals surface area (Å²) in [5, 5.41) is 1.09. The summed E-state index contributed by atoms with van der Waals surface area (Å²) in [5.41, 5.74) is 1.03. The van der Waals surface area contributed by atoms with Gasteiger partial charge in [-0.1, -0.05) is 15.9 Å². The number of aryl methyl sites for hydroxylation is 1. The first-order valence-corrected chi connectivity index (χ1v) is 6.52. The normalized spacial score (nSPS) is 21.7. The number of aromatic nitrogens is 2. The average Bonchev–Trinajstić information content (AvgIpc) is 2.30. The monoisotopic (exact) mass is 269 g/mol. The van der Waals surface area contributed by atoms with Crippen LogP contribution in [0.2, 0.25) is 0 Å². The van der Waals surface area contributed by atoms with E-state index in [1.807, 2.05) is 6.92 Å². The molecule has 4 heteroatoms. The summed E-state index contributed by atoms with van der Waals surface area (Å²) < 4.78 is 0. The quantitative estimate of drug-likeness (QED) is 0.773. The smallest absolute Gasteiger partial charge is 0.150 e. The predicted molar refractivity (Wildman–Crippen MR) is 65.5 cm³/mol. The van der Waals surface area contributed by atoms with Gasteiger partial charge in [0, 0.05) is 30.8 Å². The minimum atomic E-state index is 0.750. The van der Waals surface area contributed by atoms with Crippen LogP contribution in [-0.4, -0.2) is 28.4 Å². The van der Waals surface area contributed by atoms with Crippen molar-refractivity contribution >= 4 is 21.7 Å². The maximum atomic E-state index is 4.42. The second kappa shape index (κ2) is 4.92. The molecule has 82 valence electrons. The Morgan fingerprint density at radius 3 is 3.00 bits per heavy atom. The van der Waals surface area contributed by atoms with Gasteiger partial charge in [-0.25, -0.2) is 4.98 Å². The predicted octanol–water partition coefficient (Wildman–Crippen LogP) is 2.40. The van der Waals surface area contributed by atoms with E-state index in [-0.39, 0.29) is 0 Å². The highest BCUT2D eigenvalue weighted by atomic mass is 79.9. The van der Waals surface area contributed by atoms with Crippen molar-refractivity contribution < 1.29 is 0 Å². The van der Waals surface area contributed by atoms with Crippen molar-refractivity contribution in [1.29, 1.82) is 0 Å². The number of rotatable bonds is 2. The van der Waals surface area contributed by atoms with Gasteiger partial charge in [0.2, 0.25) is 0 Å². The molecule has 1 unspecified atom stereocenters. The Kier molecular flexibility index (Phi) is 3.57. The van der Waals surface area contributed by atoms with Crippen LogP contribution in [-0.2, 0) is 0 Å². The van der Waals surface area contributed by atoms with Crippen LogP contribution < -0.4 is 4.90 Å². The number of anilines is 1. The Labute approximate surface area is 99.0 Å². The van der Waals surface area contributed by atoms with Crippen LogP contribution in [0, 0.1) is 12.8 Å². The third kappa shape index (κ3) is 2.48. The molecule has 2 heterocycles. The maximum absolute atomic E-state index is 4.42. The van der Waals surface area contributed by atoms with Gasteiger partial charge in [-0.2, -0.15) is 0 Å². The standard InChI is InChI=1S/C11H16BrN3/c1-9-11(14-5-4-13-9)15-6-2-3-10(7-12)8-15/h4-5,10H,2-3,6-8H2,1H3. The Morgan fingerprint density at radius 1 is 1.47 bits per heavy atom. The molecule has 1 aliphatic rings. The number of hydrogen-bond acceptors (Lipinski definition) is 3. The second-order valence-corrected chi connectivity index (χ2v) is 4.72. The molecule has 1 aliphatic heterocycles. The average molecular weight is 270 g/mol. The van der Waals surface area contributed by atoms with Gasteiger partial charge >= 0.3 is 0 Å². The third-order valence-corrected chi connectivity index (χ3v) is 3.81. The molecule has 0 N–H and O–H groups in total. The van der Waals surface area contributed by atoms with Gasteiger partial charge in [0.05, 0.1) is 5.69 Å². The molecular formula is C11H16BrN3. The lowest BCUT2D eigenvalue weighted by atomic mass is 10.0. The topological polar surface area (TPSA) is 29.0 Å². The van der Waals surface area contributed by atoms with E-state index >= 15 is 0 Å². The highest BCUT2D eigenvalue weighted by molar-refractivity contribution is 9.09. The molecule has 0 aliphatic carbocycles. The molecule has 0 amide bonds. The molecule has 1 fully saturated rings. The largest absolute Gasteiger partial charge is 0.355 e. The first-order chi connectivity index (χ1) is 7.31. The molecule has 1 aromatic heterocycles. The van der Waals surface area contributed by atoms with Crippen molar-refractivity contribution in [2.75, 3.05) is 23.3 Å². The Bertz CT molecular complexity index is 329. The summed E-state index contributed by atoms with van der Waals surface area (Å²) in [4.78, 5) is 11.1. The van der Waals surface area contributed by atoms with E-state index in [0.29, 0.717) is 0 Å². The fourth-order valence-electron chi connectivity index (χ4n) is 2.09. The Balaban J connectivity index is 2.13. The second-order valence-electron chi connectivity index (χ2n) is 4.07. The Hall–Kier alpha value is -0.640. The number of hydrogen-bond donors (Lipinski definition) is 0. The van der Waals surface area contributed by atoms with E-state index in [0.717, 1.165) is 35.8 Å². The lowest BCUT2D eigenvalue weighted by molar-refractivity contribution is 0.452. The zero-order valence-electron chi connectivity index (χ0n) is 8.99. The van der Waals surface area contributed by atoms with E-state index in [1.165, 1.54) is 12.8 Å². The molecular weight excluding hydrogens is 254 g/mol. The minimum Gasteiger partial charge on any atom is -0.355 e. The van der Waals surface area contributed by atoms with Gasteiger partial charge in [-0.05, 0) is 25.7 Å². The number of nitrogens with zero attached hydrogens (tertiary/aromatic N) is 3. The van der Waals surface area contributed by atoms with Crippen molar-refractivity contribution in [3.8, 4) is 0 Å². The van der Waals surface area contributed by atoms with Gasteiger partial charge < -0.3 is 4.90 Å². The minimum absolute atomic E-state index is 0.750. The van der Waals surface area contributed by atoms with E-state index < -0.39 is 0 Å². The van der Waals surface area contributed by atoms with Crippen LogP contribution in [0.3, 0.4) is 0 Å². The molecule has 1 atom stereocenters. The molecule has 0 radical (unpaired) electrons. The lowest BCUT2D eigenvalue weighted by Gasteiger charge is -2.33. The molecule has 3 nitrogen and oxygen atoms in total. The van der Waals surface area contributed by atoms with E-state index in [9.17, 15) is 0 Å². The molecule has 1 saturated heterocycles.